The van der Waals surface area contributed by atoms with E-state index in [-0.39, 0.29) is 11.6 Å². The van der Waals surface area contributed by atoms with Gasteiger partial charge in [0.25, 0.3) is 11.6 Å². The minimum atomic E-state index is -0.472. The SMILES string of the molecule is O=C1/C(=C/c2ccc(N3CCCC3)cc2)SC(=S)N1c1ccc([N+](=O)[O-])cc1. The highest BCUT2D eigenvalue weighted by Gasteiger charge is 2.33. The molecule has 0 unspecified atom stereocenters. The van der Waals surface area contributed by atoms with Gasteiger partial charge in [-0.05, 0) is 48.7 Å². The fourth-order valence-electron chi connectivity index (χ4n) is 3.32. The van der Waals surface area contributed by atoms with Gasteiger partial charge in [0.1, 0.15) is 0 Å². The summed E-state index contributed by atoms with van der Waals surface area (Å²) in [6, 6.07) is 14.0. The Morgan fingerprint density at radius 1 is 1.00 bits per heavy atom. The summed E-state index contributed by atoms with van der Waals surface area (Å²) in [4.78, 5) is 27.5. The standard InChI is InChI=1S/C20H17N3O3S2/c24-19-18(13-14-3-5-15(6-4-14)21-11-1-2-12-21)28-20(27)22(19)16-7-9-17(10-8-16)23(25)26/h3-10,13H,1-2,11-12H2/b18-13-. The number of anilines is 2. The molecule has 2 heterocycles. The highest BCUT2D eigenvalue weighted by Crippen LogP contribution is 2.36. The monoisotopic (exact) mass is 411 g/mol. The number of thiocarbonyl (C=S) groups is 1. The van der Waals surface area contributed by atoms with Crippen molar-refractivity contribution in [3.8, 4) is 0 Å². The summed E-state index contributed by atoms with van der Waals surface area (Å²) in [5.41, 5.74) is 2.64. The molecule has 0 aliphatic carbocycles. The maximum Gasteiger partial charge on any atom is 0.270 e. The molecule has 0 aromatic heterocycles. The first kappa shape index (κ1) is 18.6. The van der Waals surface area contributed by atoms with Gasteiger partial charge >= 0.3 is 0 Å². The van der Waals surface area contributed by atoms with E-state index < -0.39 is 4.92 Å². The van der Waals surface area contributed by atoms with Crippen LogP contribution in [0.1, 0.15) is 18.4 Å². The van der Waals surface area contributed by atoms with Crippen LogP contribution in [0.3, 0.4) is 0 Å². The van der Waals surface area contributed by atoms with Crippen molar-refractivity contribution in [3.63, 3.8) is 0 Å². The van der Waals surface area contributed by atoms with Gasteiger partial charge in [-0.25, -0.2) is 0 Å². The molecule has 0 bridgehead atoms. The van der Waals surface area contributed by atoms with Crippen LogP contribution in [-0.2, 0) is 4.79 Å². The lowest BCUT2D eigenvalue weighted by molar-refractivity contribution is -0.384. The Labute approximate surface area is 172 Å². The van der Waals surface area contributed by atoms with E-state index in [1.165, 1.54) is 59.5 Å². The first-order valence-corrected chi connectivity index (χ1v) is 10.1. The maximum absolute atomic E-state index is 12.8. The molecule has 1 amide bonds. The summed E-state index contributed by atoms with van der Waals surface area (Å²) in [5, 5.41) is 10.8. The zero-order valence-electron chi connectivity index (χ0n) is 14.9. The summed E-state index contributed by atoms with van der Waals surface area (Å²) in [7, 11) is 0. The molecule has 142 valence electrons. The fraction of sp³-hybridized carbons (Fsp3) is 0.200. The summed E-state index contributed by atoms with van der Waals surface area (Å²) in [6.45, 7) is 2.18. The predicted molar refractivity (Wildman–Crippen MR) is 117 cm³/mol. The van der Waals surface area contributed by atoms with Gasteiger partial charge in [-0.15, -0.1) is 0 Å². The Hall–Kier alpha value is -2.71. The number of nitro benzene ring substituents is 1. The first-order chi connectivity index (χ1) is 13.5. The molecule has 8 heteroatoms. The second-order valence-corrected chi connectivity index (χ2v) is 8.25. The van der Waals surface area contributed by atoms with E-state index in [0.29, 0.717) is 14.9 Å². The molecule has 0 radical (unpaired) electrons. The lowest BCUT2D eigenvalue weighted by atomic mass is 10.1. The zero-order chi connectivity index (χ0) is 19.7. The van der Waals surface area contributed by atoms with E-state index >= 15 is 0 Å². The van der Waals surface area contributed by atoms with E-state index in [4.69, 9.17) is 12.2 Å². The highest BCUT2D eigenvalue weighted by molar-refractivity contribution is 8.27. The number of hydrogen-bond acceptors (Lipinski definition) is 6. The van der Waals surface area contributed by atoms with Gasteiger partial charge in [-0.3, -0.25) is 19.8 Å². The second kappa shape index (κ2) is 7.73. The minimum Gasteiger partial charge on any atom is -0.372 e. The topological polar surface area (TPSA) is 66.7 Å². The number of nitro groups is 1. The third-order valence-electron chi connectivity index (χ3n) is 4.77. The van der Waals surface area contributed by atoms with E-state index in [1.54, 1.807) is 0 Å². The van der Waals surface area contributed by atoms with Gasteiger partial charge in [0.05, 0.1) is 15.5 Å². The van der Waals surface area contributed by atoms with E-state index in [0.717, 1.165) is 18.7 Å². The number of amides is 1. The molecule has 2 saturated heterocycles. The molecule has 2 aliphatic heterocycles. The van der Waals surface area contributed by atoms with Crippen LogP contribution in [0.5, 0.6) is 0 Å². The molecule has 0 spiro atoms. The van der Waals surface area contributed by atoms with Crippen LogP contribution in [-0.4, -0.2) is 28.2 Å². The largest absolute Gasteiger partial charge is 0.372 e. The molecule has 0 saturated carbocycles. The number of carbonyl (C=O) groups is 1. The van der Waals surface area contributed by atoms with E-state index in [2.05, 4.69) is 17.0 Å². The number of hydrogen-bond donors (Lipinski definition) is 0. The van der Waals surface area contributed by atoms with Gasteiger partial charge in [-0.2, -0.15) is 0 Å². The molecule has 4 rings (SSSR count). The van der Waals surface area contributed by atoms with E-state index in [9.17, 15) is 14.9 Å². The van der Waals surface area contributed by atoms with Crippen LogP contribution >= 0.6 is 24.0 Å². The normalized spacial score (nSPS) is 18.4. The molecular weight excluding hydrogens is 394 g/mol. The van der Waals surface area contributed by atoms with Crippen molar-refractivity contribution in [2.45, 2.75) is 12.8 Å². The number of thioether (sulfide) groups is 1. The van der Waals surface area contributed by atoms with Crippen LogP contribution in [0, 0.1) is 10.1 Å². The van der Waals surface area contributed by atoms with Crippen LogP contribution in [0.2, 0.25) is 0 Å². The second-order valence-electron chi connectivity index (χ2n) is 6.58. The molecule has 2 aromatic rings. The summed E-state index contributed by atoms with van der Waals surface area (Å²) < 4.78 is 0.416. The smallest absolute Gasteiger partial charge is 0.270 e. The third-order valence-corrected chi connectivity index (χ3v) is 6.08. The number of rotatable bonds is 4. The molecule has 0 atom stereocenters. The molecule has 2 aliphatic rings. The Kier molecular flexibility index (Phi) is 5.15. The van der Waals surface area contributed by atoms with Crippen molar-refractivity contribution in [3.05, 3.63) is 69.1 Å². The third kappa shape index (κ3) is 3.65. The molecule has 6 nitrogen and oxygen atoms in total. The predicted octanol–water partition coefficient (Wildman–Crippen LogP) is 4.60. The maximum atomic E-state index is 12.8. The Morgan fingerprint density at radius 3 is 2.21 bits per heavy atom. The number of benzene rings is 2. The molecule has 28 heavy (non-hydrogen) atoms. The van der Waals surface area contributed by atoms with Gasteiger partial charge < -0.3 is 4.90 Å². The van der Waals surface area contributed by atoms with Gasteiger partial charge in [-0.1, -0.05) is 36.1 Å². The molecule has 0 N–H and O–H groups in total. The minimum absolute atomic E-state index is 0.0252. The lowest BCUT2D eigenvalue weighted by Crippen LogP contribution is -2.27. The number of non-ortho nitro benzene ring substituents is 1. The Balaban J connectivity index is 1.53. The van der Waals surface area contributed by atoms with Crippen LogP contribution < -0.4 is 9.80 Å². The number of carbonyl (C=O) groups excluding carboxylic acids is 1. The summed E-state index contributed by atoms with van der Waals surface area (Å²) in [6.07, 6.45) is 4.29. The Morgan fingerprint density at radius 2 is 1.61 bits per heavy atom. The van der Waals surface area contributed by atoms with Crippen molar-refractivity contribution < 1.29 is 9.72 Å². The average molecular weight is 412 g/mol. The summed E-state index contributed by atoms with van der Waals surface area (Å²) >= 11 is 6.59. The van der Waals surface area contributed by atoms with Crippen molar-refractivity contribution in [2.75, 3.05) is 22.9 Å². The van der Waals surface area contributed by atoms with Crippen molar-refractivity contribution >= 4 is 57.3 Å². The molecule has 2 aromatic carbocycles. The fourth-order valence-corrected chi connectivity index (χ4v) is 4.62. The van der Waals surface area contributed by atoms with Crippen molar-refractivity contribution in [2.24, 2.45) is 0 Å². The summed E-state index contributed by atoms with van der Waals surface area (Å²) in [5.74, 6) is -0.215. The Bertz CT molecular complexity index is 965. The van der Waals surface area contributed by atoms with Crippen molar-refractivity contribution in [1.82, 2.24) is 0 Å². The first-order valence-electron chi connectivity index (χ1n) is 8.90. The van der Waals surface area contributed by atoms with Gasteiger partial charge in [0, 0.05) is 30.9 Å². The van der Waals surface area contributed by atoms with Crippen LogP contribution in [0.4, 0.5) is 17.1 Å². The highest BCUT2D eigenvalue weighted by atomic mass is 32.2. The van der Waals surface area contributed by atoms with Gasteiger partial charge in [0.15, 0.2) is 4.32 Å². The average Bonchev–Trinajstić information content (AvgIpc) is 3.31. The number of nitrogens with zero attached hydrogens (tertiary/aromatic N) is 3. The van der Waals surface area contributed by atoms with Gasteiger partial charge in [0.2, 0.25) is 0 Å². The van der Waals surface area contributed by atoms with Crippen LogP contribution in [0.15, 0.2) is 53.4 Å². The molecule has 2 fully saturated rings. The van der Waals surface area contributed by atoms with Crippen molar-refractivity contribution in [1.29, 1.82) is 0 Å². The van der Waals surface area contributed by atoms with E-state index in [1.807, 2.05) is 18.2 Å². The quantitative estimate of drug-likeness (QED) is 0.317. The zero-order valence-corrected chi connectivity index (χ0v) is 16.5. The lowest BCUT2D eigenvalue weighted by Gasteiger charge is -2.17. The molecular formula is C20H17N3O3S2. The van der Waals surface area contributed by atoms with Crippen LogP contribution in [0.25, 0.3) is 6.08 Å².